The zero-order chi connectivity index (χ0) is 15.4. The Morgan fingerprint density at radius 1 is 1.20 bits per heavy atom. The summed E-state index contributed by atoms with van der Waals surface area (Å²) in [7, 11) is -1.99. The van der Waals surface area contributed by atoms with Crippen LogP contribution in [0.3, 0.4) is 0 Å². The number of rotatable bonds is 11. The molecule has 0 aromatic heterocycles. The largest absolute Gasteiger partial charge is 0.516 e. The van der Waals surface area contributed by atoms with Crippen LogP contribution in [0.1, 0.15) is 58.8 Å². The maximum Gasteiger partial charge on any atom is 0.295 e. The van der Waals surface area contributed by atoms with Crippen LogP contribution >= 0.6 is 0 Å². The third kappa shape index (κ3) is 9.13. The summed E-state index contributed by atoms with van der Waals surface area (Å²) in [6, 6.07) is 0. The average Bonchev–Trinajstić information content (AvgIpc) is 2.41. The SMILES string of the molecule is C=C[Si](C)(C)OC(=O)C(CCC)CCCCC=CCC. The van der Waals surface area contributed by atoms with Gasteiger partial charge in [0.1, 0.15) is 0 Å². The fourth-order valence-electron chi connectivity index (χ4n) is 2.05. The minimum Gasteiger partial charge on any atom is -0.516 e. The Morgan fingerprint density at radius 2 is 1.90 bits per heavy atom. The molecule has 3 heteroatoms. The van der Waals surface area contributed by atoms with Crippen LogP contribution in [0.4, 0.5) is 0 Å². The summed E-state index contributed by atoms with van der Waals surface area (Å²) < 4.78 is 5.67. The highest BCUT2D eigenvalue weighted by molar-refractivity contribution is 6.77. The second kappa shape index (κ2) is 10.9. The van der Waals surface area contributed by atoms with Gasteiger partial charge in [0.15, 0.2) is 0 Å². The number of carbonyl (C=O) groups excluding carboxylic acids is 1. The number of carbonyl (C=O) groups is 1. The fraction of sp³-hybridized carbons (Fsp3) is 0.706. The van der Waals surface area contributed by atoms with Gasteiger partial charge in [-0.25, -0.2) is 0 Å². The van der Waals surface area contributed by atoms with Gasteiger partial charge in [-0.2, -0.15) is 0 Å². The summed E-state index contributed by atoms with van der Waals surface area (Å²) in [5, 5.41) is 0. The summed E-state index contributed by atoms with van der Waals surface area (Å²) in [5.41, 5.74) is 1.82. The highest BCUT2D eigenvalue weighted by Gasteiger charge is 2.27. The minimum atomic E-state index is -1.99. The highest BCUT2D eigenvalue weighted by Crippen LogP contribution is 2.20. The van der Waals surface area contributed by atoms with E-state index in [1.54, 1.807) is 0 Å². The maximum atomic E-state index is 12.2. The lowest BCUT2D eigenvalue weighted by molar-refractivity contribution is -0.140. The first-order valence-corrected chi connectivity index (χ1v) is 11.0. The van der Waals surface area contributed by atoms with Gasteiger partial charge >= 0.3 is 0 Å². The molecule has 116 valence electrons. The third-order valence-electron chi connectivity index (χ3n) is 3.40. The van der Waals surface area contributed by atoms with Crippen LogP contribution in [0, 0.1) is 5.92 Å². The molecule has 1 unspecified atom stereocenters. The van der Waals surface area contributed by atoms with E-state index in [2.05, 4.69) is 32.6 Å². The van der Waals surface area contributed by atoms with Crippen molar-refractivity contribution in [3.63, 3.8) is 0 Å². The van der Waals surface area contributed by atoms with E-state index in [0.29, 0.717) is 0 Å². The Bertz CT molecular complexity index is 308. The second-order valence-corrected chi connectivity index (χ2v) is 9.70. The monoisotopic (exact) mass is 296 g/mol. The Balaban J connectivity index is 4.17. The molecule has 20 heavy (non-hydrogen) atoms. The predicted octanol–water partition coefficient (Wildman–Crippen LogP) is 5.40. The van der Waals surface area contributed by atoms with E-state index < -0.39 is 8.32 Å². The molecule has 0 bridgehead atoms. The molecule has 0 saturated carbocycles. The smallest absolute Gasteiger partial charge is 0.295 e. The molecular formula is C17H32O2Si. The van der Waals surface area contributed by atoms with Crippen molar-refractivity contribution >= 4 is 14.3 Å². The number of hydrogen-bond acceptors (Lipinski definition) is 2. The van der Waals surface area contributed by atoms with E-state index >= 15 is 0 Å². The summed E-state index contributed by atoms with van der Waals surface area (Å²) in [6.07, 6.45) is 11.8. The van der Waals surface area contributed by atoms with Crippen LogP contribution in [-0.2, 0) is 9.22 Å². The molecular weight excluding hydrogens is 264 g/mol. The molecule has 0 saturated heterocycles. The van der Waals surface area contributed by atoms with Crippen LogP contribution in [-0.4, -0.2) is 14.3 Å². The third-order valence-corrected chi connectivity index (χ3v) is 5.11. The van der Waals surface area contributed by atoms with Crippen molar-refractivity contribution in [2.75, 3.05) is 0 Å². The zero-order valence-corrected chi connectivity index (χ0v) is 14.8. The van der Waals surface area contributed by atoms with E-state index in [9.17, 15) is 4.79 Å². The van der Waals surface area contributed by atoms with E-state index in [1.165, 1.54) is 0 Å². The summed E-state index contributed by atoms with van der Waals surface area (Å²) in [5.74, 6) is 0.0643. The van der Waals surface area contributed by atoms with Crippen molar-refractivity contribution in [3.05, 3.63) is 24.4 Å². The molecule has 0 rings (SSSR count). The van der Waals surface area contributed by atoms with Gasteiger partial charge in [0.2, 0.25) is 0 Å². The van der Waals surface area contributed by atoms with Crippen molar-refractivity contribution in [2.45, 2.75) is 71.9 Å². The molecule has 0 aromatic rings. The first-order valence-electron chi connectivity index (χ1n) is 7.98. The summed E-state index contributed by atoms with van der Waals surface area (Å²) in [4.78, 5) is 12.2. The predicted molar refractivity (Wildman–Crippen MR) is 90.1 cm³/mol. The van der Waals surface area contributed by atoms with E-state index in [4.69, 9.17) is 4.43 Å². The molecule has 0 fully saturated rings. The Hall–Kier alpha value is -0.833. The second-order valence-electron chi connectivity index (χ2n) is 5.88. The highest BCUT2D eigenvalue weighted by atomic mass is 28.4. The molecule has 0 aliphatic rings. The molecule has 0 amide bonds. The molecule has 0 radical (unpaired) electrons. The van der Waals surface area contributed by atoms with Crippen LogP contribution in [0.5, 0.6) is 0 Å². The van der Waals surface area contributed by atoms with Crippen LogP contribution in [0.15, 0.2) is 24.4 Å². The first kappa shape index (κ1) is 19.2. The molecule has 0 aliphatic heterocycles. The summed E-state index contributed by atoms with van der Waals surface area (Å²) in [6.45, 7) is 12.1. The lowest BCUT2D eigenvalue weighted by atomic mass is 9.97. The van der Waals surface area contributed by atoms with Gasteiger partial charge in [-0.3, -0.25) is 4.79 Å². The van der Waals surface area contributed by atoms with E-state index in [0.717, 1.165) is 44.9 Å². The van der Waals surface area contributed by atoms with Gasteiger partial charge in [0, 0.05) is 0 Å². The van der Waals surface area contributed by atoms with Crippen molar-refractivity contribution in [3.8, 4) is 0 Å². The molecule has 2 nitrogen and oxygen atoms in total. The normalized spacial score (nSPS) is 13.4. The Kier molecular flexibility index (Phi) is 10.4. The minimum absolute atomic E-state index is 0.00693. The van der Waals surface area contributed by atoms with E-state index in [1.807, 2.05) is 18.8 Å². The van der Waals surface area contributed by atoms with Crippen molar-refractivity contribution in [1.29, 1.82) is 0 Å². The van der Waals surface area contributed by atoms with Crippen molar-refractivity contribution < 1.29 is 9.22 Å². The zero-order valence-electron chi connectivity index (χ0n) is 13.8. The average molecular weight is 297 g/mol. The number of allylic oxidation sites excluding steroid dienone is 2. The molecule has 0 spiro atoms. The van der Waals surface area contributed by atoms with Crippen LogP contribution in [0.25, 0.3) is 0 Å². The van der Waals surface area contributed by atoms with Crippen LogP contribution < -0.4 is 0 Å². The van der Waals surface area contributed by atoms with Gasteiger partial charge in [-0.05, 0) is 45.2 Å². The molecule has 0 aliphatic carbocycles. The fourth-order valence-corrected chi connectivity index (χ4v) is 2.82. The van der Waals surface area contributed by atoms with Gasteiger partial charge in [0.25, 0.3) is 14.3 Å². The molecule has 0 N–H and O–H groups in total. The van der Waals surface area contributed by atoms with E-state index in [-0.39, 0.29) is 11.9 Å². The Labute approximate surface area is 126 Å². The van der Waals surface area contributed by atoms with Crippen LogP contribution in [0.2, 0.25) is 13.1 Å². The molecule has 0 heterocycles. The van der Waals surface area contributed by atoms with Crippen molar-refractivity contribution in [2.24, 2.45) is 5.92 Å². The lowest BCUT2D eigenvalue weighted by Gasteiger charge is -2.23. The quantitative estimate of drug-likeness (QED) is 0.290. The number of unbranched alkanes of at least 4 members (excludes halogenated alkanes) is 2. The standard InChI is InChI=1S/C17H32O2Si/c1-6-9-10-11-12-13-15-16(14-7-2)17(18)19-20(4,5)8-3/h8-10,16H,3,6-7,11-15H2,1-2,4-5H3. The lowest BCUT2D eigenvalue weighted by Crippen LogP contribution is -2.34. The number of hydrogen-bond donors (Lipinski definition) is 0. The van der Waals surface area contributed by atoms with Gasteiger partial charge in [-0.1, -0.05) is 44.5 Å². The molecule has 1 atom stereocenters. The van der Waals surface area contributed by atoms with Gasteiger partial charge in [0.05, 0.1) is 5.92 Å². The first-order chi connectivity index (χ1) is 9.46. The molecule has 0 aromatic carbocycles. The Morgan fingerprint density at radius 3 is 2.45 bits per heavy atom. The van der Waals surface area contributed by atoms with Gasteiger partial charge in [-0.15, -0.1) is 6.58 Å². The summed E-state index contributed by atoms with van der Waals surface area (Å²) >= 11 is 0. The topological polar surface area (TPSA) is 26.3 Å². The van der Waals surface area contributed by atoms with Crippen molar-refractivity contribution in [1.82, 2.24) is 0 Å². The van der Waals surface area contributed by atoms with Gasteiger partial charge < -0.3 is 4.43 Å². The maximum absolute atomic E-state index is 12.2.